The van der Waals surface area contributed by atoms with Gasteiger partial charge in [-0.1, -0.05) is 34.1 Å². The Kier molecular flexibility index (Phi) is 5.16. The summed E-state index contributed by atoms with van der Waals surface area (Å²) in [6.45, 7) is 3.91. The van der Waals surface area contributed by atoms with Crippen LogP contribution >= 0.6 is 15.9 Å². The molecule has 0 aromatic heterocycles. The van der Waals surface area contributed by atoms with E-state index in [1.54, 1.807) is 0 Å². The molecule has 2 atom stereocenters. The maximum atomic E-state index is 11.2. The molecule has 1 aromatic rings. The van der Waals surface area contributed by atoms with E-state index in [9.17, 15) is 8.42 Å². The first-order chi connectivity index (χ1) is 7.79. The lowest BCUT2D eigenvalue weighted by molar-refractivity contribution is 0.499. The Morgan fingerprint density at radius 1 is 1.29 bits per heavy atom. The van der Waals surface area contributed by atoms with Crippen LogP contribution in [0.2, 0.25) is 0 Å². The highest BCUT2D eigenvalue weighted by Gasteiger charge is 2.15. The lowest BCUT2D eigenvalue weighted by Gasteiger charge is -2.20. The molecule has 0 aliphatic carbocycles. The molecule has 0 bridgehead atoms. The van der Waals surface area contributed by atoms with Gasteiger partial charge in [-0.3, -0.25) is 0 Å². The van der Waals surface area contributed by atoms with Crippen molar-refractivity contribution >= 4 is 25.8 Å². The molecular weight excluding hydrogens is 302 g/mol. The van der Waals surface area contributed by atoms with Crippen LogP contribution in [0.1, 0.15) is 25.5 Å². The Labute approximate surface area is 112 Å². The second-order valence-corrected chi connectivity index (χ2v) is 7.44. The summed E-state index contributed by atoms with van der Waals surface area (Å²) in [7, 11) is -2.94. The molecule has 1 aromatic carbocycles. The Balaban J connectivity index is 2.67. The molecule has 17 heavy (non-hydrogen) atoms. The summed E-state index contributed by atoms with van der Waals surface area (Å²) in [5.41, 5.74) is 1.13. The Bertz CT molecular complexity index is 473. The first kappa shape index (κ1) is 14.7. The largest absolute Gasteiger partial charge is 0.307 e. The van der Waals surface area contributed by atoms with E-state index in [1.165, 1.54) is 6.26 Å². The fraction of sp³-hybridized carbons (Fsp3) is 0.500. The van der Waals surface area contributed by atoms with Gasteiger partial charge in [-0.05, 0) is 25.5 Å². The zero-order valence-corrected chi connectivity index (χ0v) is 12.7. The highest BCUT2D eigenvalue weighted by Crippen LogP contribution is 2.23. The van der Waals surface area contributed by atoms with Crippen molar-refractivity contribution < 1.29 is 8.42 Å². The first-order valence-corrected chi connectivity index (χ1v) is 8.33. The lowest BCUT2D eigenvalue weighted by atomic mass is 10.1. The summed E-state index contributed by atoms with van der Waals surface area (Å²) in [5, 5.41) is 3.28. The van der Waals surface area contributed by atoms with Crippen molar-refractivity contribution in [2.75, 3.05) is 12.0 Å². The van der Waals surface area contributed by atoms with Gasteiger partial charge in [0.05, 0.1) is 5.75 Å². The zero-order valence-electron chi connectivity index (χ0n) is 10.3. The summed E-state index contributed by atoms with van der Waals surface area (Å²) in [6.07, 6.45) is 1.26. The molecule has 96 valence electrons. The molecule has 0 aliphatic rings. The quantitative estimate of drug-likeness (QED) is 0.907. The van der Waals surface area contributed by atoms with Gasteiger partial charge in [0.2, 0.25) is 0 Å². The number of sulfone groups is 1. The molecule has 0 amide bonds. The zero-order chi connectivity index (χ0) is 13.1. The predicted octanol–water partition coefficient (Wildman–Crippen LogP) is 2.53. The molecule has 0 heterocycles. The Morgan fingerprint density at radius 2 is 1.88 bits per heavy atom. The van der Waals surface area contributed by atoms with Crippen molar-refractivity contribution in [1.82, 2.24) is 5.32 Å². The van der Waals surface area contributed by atoms with Crippen LogP contribution in [0, 0.1) is 0 Å². The molecule has 1 N–H and O–H groups in total. The van der Waals surface area contributed by atoms with Crippen molar-refractivity contribution in [3.8, 4) is 0 Å². The van der Waals surface area contributed by atoms with Gasteiger partial charge in [-0.25, -0.2) is 8.42 Å². The summed E-state index contributed by atoms with van der Waals surface area (Å²) in [4.78, 5) is 0. The fourth-order valence-corrected chi connectivity index (χ4v) is 3.48. The van der Waals surface area contributed by atoms with E-state index in [4.69, 9.17) is 0 Å². The fourth-order valence-electron chi connectivity index (χ4n) is 1.85. The third-order valence-corrected chi connectivity index (χ3v) is 4.29. The van der Waals surface area contributed by atoms with Gasteiger partial charge in [0, 0.05) is 22.8 Å². The standard InChI is InChI=1S/C12H18BrNO2S/c1-9(8-17(3,15)16)14-10(2)11-6-4-5-7-12(11)13/h4-7,9-10,14H,8H2,1-3H3. The van der Waals surface area contributed by atoms with E-state index in [-0.39, 0.29) is 17.8 Å². The van der Waals surface area contributed by atoms with E-state index >= 15 is 0 Å². The molecule has 1 rings (SSSR count). The van der Waals surface area contributed by atoms with Crippen LogP contribution in [-0.4, -0.2) is 26.5 Å². The van der Waals surface area contributed by atoms with Crippen LogP contribution in [-0.2, 0) is 9.84 Å². The second kappa shape index (κ2) is 5.98. The molecule has 0 aliphatic heterocycles. The number of benzene rings is 1. The minimum absolute atomic E-state index is 0.0629. The van der Waals surface area contributed by atoms with Crippen LogP contribution in [0.4, 0.5) is 0 Å². The van der Waals surface area contributed by atoms with E-state index in [1.807, 2.05) is 38.1 Å². The molecule has 5 heteroatoms. The summed E-state index contributed by atoms with van der Waals surface area (Å²) in [6, 6.07) is 7.98. The van der Waals surface area contributed by atoms with Crippen molar-refractivity contribution in [3.05, 3.63) is 34.3 Å². The van der Waals surface area contributed by atoms with Gasteiger partial charge in [0.1, 0.15) is 9.84 Å². The number of rotatable bonds is 5. The van der Waals surface area contributed by atoms with Gasteiger partial charge in [-0.15, -0.1) is 0 Å². The SMILES string of the molecule is CC(CS(C)(=O)=O)NC(C)c1ccccc1Br. The lowest BCUT2D eigenvalue weighted by Crippen LogP contribution is -2.34. The molecule has 0 radical (unpaired) electrons. The summed E-state index contributed by atoms with van der Waals surface area (Å²) in [5.74, 6) is 0.155. The minimum atomic E-state index is -2.94. The highest BCUT2D eigenvalue weighted by atomic mass is 79.9. The average Bonchev–Trinajstić information content (AvgIpc) is 2.14. The smallest absolute Gasteiger partial charge is 0.148 e. The predicted molar refractivity (Wildman–Crippen MR) is 74.9 cm³/mol. The number of hydrogen-bond donors (Lipinski definition) is 1. The van der Waals surface area contributed by atoms with Crippen molar-refractivity contribution in [3.63, 3.8) is 0 Å². The topological polar surface area (TPSA) is 46.2 Å². The van der Waals surface area contributed by atoms with Gasteiger partial charge >= 0.3 is 0 Å². The van der Waals surface area contributed by atoms with Gasteiger partial charge in [0.25, 0.3) is 0 Å². The Morgan fingerprint density at radius 3 is 2.41 bits per heavy atom. The summed E-state index contributed by atoms with van der Waals surface area (Å²) >= 11 is 3.49. The molecule has 3 nitrogen and oxygen atoms in total. The molecule has 0 fully saturated rings. The number of nitrogens with one attached hydrogen (secondary N) is 1. The number of halogens is 1. The molecule has 0 saturated carbocycles. The van der Waals surface area contributed by atoms with E-state index < -0.39 is 9.84 Å². The van der Waals surface area contributed by atoms with Gasteiger partial charge in [0.15, 0.2) is 0 Å². The van der Waals surface area contributed by atoms with E-state index in [2.05, 4.69) is 21.2 Å². The molecular formula is C12H18BrNO2S. The maximum absolute atomic E-state index is 11.2. The third-order valence-electron chi connectivity index (χ3n) is 2.46. The van der Waals surface area contributed by atoms with Crippen molar-refractivity contribution in [1.29, 1.82) is 0 Å². The van der Waals surface area contributed by atoms with Crippen LogP contribution < -0.4 is 5.32 Å². The maximum Gasteiger partial charge on any atom is 0.148 e. The van der Waals surface area contributed by atoms with Gasteiger partial charge < -0.3 is 5.32 Å². The van der Waals surface area contributed by atoms with Crippen LogP contribution in [0.15, 0.2) is 28.7 Å². The minimum Gasteiger partial charge on any atom is -0.307 e. The van der Waals surface area contributed by atoms with Gasteiger partial charge in [-0.2, -0.15) is 0 Å². The average molecular weight is 320 g/mol. The normalized spacial score (nSPS) is 15.5. The number of hydrogen-bond acceptors (Lipinski definition) is 3. The van der Waals surface area contributed by atoms with Crippen LogP contribution in [0.5, 0.6) is 0 Å². The highest BCUT2D eigenvalue weighted by molar-refractivity contribution is 9.10. The van der Waals surface area contributed by atoms with E-state index in [0.717, 1.165) is 10.0 Å². The van der Waals surface area contributed by atoms with Crippen LogP contribution in [0.3, 0.4) is 0 Å². The monoisotopic (exact) mass is 319 g/mol. The van der Waals surface area contributed by atoms with Crippen molar-refractivity contribution in [2.24, 2.45) is 0 Å². The first-order valence-electron chi connectivity index (χ1n) is 5.48. The molecule has 0 saturated heterocycles. The molecule has 2 unspecified atom stereocenters. The Hall–Kier alpha value is -0.390. The van der Waals surface area contributed by atoms with E-state index in [0.29, 0.717) is 0 Å². The second-order valence-electron chi connectivity index (χ2n) is 4.40. The third kappa shape index (κ3) is 5.19. The van der Waals surface area contributed by atoms with Crippen LogP contribution in [0.25, 0.3) is 0 Å². The molecule has 0 spiro atoms. The van der Waals surface area contributed by atoms with Crippen molar-refractivity contribution in [2.45, 2.75) is 25.9 Å². The summed E-state index contributed by atoms with van der Waals surface area (Å²) < 4.78 is 23.4.